The lowest BCUT2D eigenvalue weighted by Crippen LogP contribution is -2.27. The Hall–Kier alpha value is -1.85. The van der Waals surface area contributed by atoms with E-state index < -0.39 is 5.97 Å². The molecule has 1 aromatic heterocycles. The Labute approximate surface area is 124 Å². The van der Waals surface area contributed by atoms with Gasteiger partial charge in [-0.3, -0.25) is 0 Å². The number of nitrogens with zero attached hydrogens (tertiary/aromatic N) is 2. The number of carbonyl (C=O) groups is 1. The zero-order valence-corrected chi connectivity index (χ0v) is 12.5. The first kappa shape index (κ1) is 14.1. The summed E-state index contributed by atoms with van der Waals surface area (Å²) >= 11 is 0. The number of aromatic carboxylic acids is 1. The van der Waals surface area contributed by atoms with Crippen LogP contribution in [0.3, 0.4) is 0 Å². The van der Waals surface area contributed by atoms with Crippen molar-refractivity contribution < 1.29 is 9.90 Å². The van der Waals surface area contributed by atoms with Crippen LogP contribution < -0.4 is 5.73 Å². The number of likely N-dealkylation sites (N-methyl/N-ethyl adjacent to an activating group) is 1. The molecule has 0 fully saturated rings. The predicted molar refractivity (Wildman–Crippen MR) is 82.7 cm³/mol. The van der Waals surface area contributed by atoms with Crippen LogP contribution in [0.4, 0.5) is 0 Å². The van der Waals surface area contributed by atoms with E-state index in [9.17, 15) is 9.90 Å². The Kier molecular flexibility index (Phi) is 3.47. The average molecular weight is 287 g/mol. The van der Waals surface area contributed by atoms with Gasteiger partial charge in [-0.05, 0) is 37.2 Å². The molecule has 0 saturated carbocycles. The number of aromatic nitrogens is 1. The molecule has 21 heavy (non-hydrogen) atoms. The molecule has 0 unspecified atom stereocenters. The van der Waals surface area contributed by atoms with Crippen molar-refractivity contribution in [1.82, 2.24) is 9.47 Å². The number of aryl methyl sites for hydroxylation is 1. The Morgan fingerprint density at radius 2 is 2.19 bits per heavy atom. The summed E-state index contributed by atoms with van der Waals surface area (Å²) in [5.41, 5.74) is 10.5. The van der Waals surface area contributed by atoms with Gasteiger partial charge in [0.1, 0.15) is 0 Å². The van der Waals surface area contributed by atoms with Crippen LogP contribution in [-0.4, -0.2) is 40.7 Å². The Morgan fingerprint density at radius 3 is 2.86 bits per heavy atom. The first-order chi connectivity index (χ1) is 10.0. The van der Waals surface area contributed by atoms with E-state index in [0.717, 1.165) is 36.0 Å². The van der Waals surface area contributed by atoms with E-state index in [2.05, 4.69) is 22.6 Å². The zero-order chi connectivity index (χ0) is 15.1. The van der Waals surface area contributed by atoms with Crippen molar-refractivity contribution in [2.24, 2.45) is 5.73 Å². The number of carboxylic acid groups (broad SMARTS) is 1. The van der Waals surface area contributed by atoms with Crippen LogP contribution in [0.2, 0.25) is 0 Å². The van der Waals surface area contributed by atoms with Gasteiger partial charge < -0.3 is 20.3 Å². The van der Waals surface area contributed by atoms with E-state index in [0.29, 0.717) is 18.7 Å². The molecule has 1 aromatic carbocycles. The highest BCUT2D eigenvalue weighted by Crippen LogP contribution is 2.33. The fraction of sp³-hybridized carbons (Fsp3) is 0.438. The molecule has 5 nitrogen and oxygen atoms in total. The number of hydrogen-bond donors (Lipinski definition) is 2. The van der Waals surface area contributed by atoms with Crippen molar-refractivity contribution in [2.75, 3.05) is 20.1 Å². The third kappa shape index (κ3) is 2.22. The van der Waals surface area contributed by atoms with E-state index in [1.165, 1.54) is 11.3 Å². The molecule has 0 aliphatic carbocycles. The first-order valence-corrected chi connectivity index (χ1v) is 7.29. The minimum atomic E-state index is -0.870. The molecular weight excluding hydrogens is 266 g/mol. The predicted octanol–water partition coefficient (Wildman–Crippen LogP) is 1.59. The number of carboxylic acids is 1. The van der Waals surface area contributed by atoms with E-state index in [4.69, 9.17) is 5.73 Å². The molecule has 3 rings (SSSR count). The van der Waals surface area contributed by atoms with Crippen molar-refractivity contribution in [3.63, 3.8) is 0 Å². The Balaban J connectivity index is 2.38. The summed E-state index contributed by atoms with van der Waals surface area (Å²) in [6, 6.07) is 3.86. The Morgan fingerprint density at radius 1 is 1.43 bits per heavy atom. The highest BCUT2D eigenvalue weighted by molar-refractivity contribution is 6.04. The van der Waals surface area contributed by atoms with Crippen LogP contribution in [0.5, 0.6) is 0 Å². The SMILES string of the molecule is Cc1cc(C(=O)O)c2c(c1)c1c(n2CCN)CCN(C)C1. The van der Waals surface area contributed by atoms with Crippen molar-refractivity contribution in [1.29, 1.82) is 0 Å². The monoisotopic (exact) mass is 287 g/mol. The van der Waals surface area contributed by atoms with Gasteiger partial charge in [0.25, 0.3) is 0 Å². The lowest BCUT2D eigenvalue weighted by molar-refractivity contribution is 0.0698. The lowest BCUT2D eigenvalue weighted by atomic mass is 10.0. The van der Waals surface area contributed by atoms with E-state index >= 15 is 0 Å². The standard InChI is InChI=1S/C16H21N3O2/c1-10-7-11-13-9-18(2)5-3-14(13)19(6-4-17)15(11)12(8-10)16(20)21/h7-8H,3-6,9,17H2,1-2H3,(H,20,21). The highest BCUT2D eigenvalue weighted by atomic mass is 16.4. The zero-order valence-electron chi connectivity index (χ0n) is 12.5. The number of rotatable bonds is 3. The second-order valence-corrected chi connectivity index (χ2v) is 5.87. The minimum Gasteiger partial charge on any atom is -0.478 e. The summed E-state index contributed by atoms with van der Waals surface area (Å²) in [5.74, 6) is -0.870. The van der Waals surface area contributed by atoms with Crippen LogP contribution in [0.1, 0.15) is 27.2 Å². The molecule has 0 saturated heterocycles. The molecule has 1 aliphatic rings. The van der Waals surface area contributed by atoms with Crippen molar-refractivity contribution in [2.45, 2.75) is 26.4 Å². The molecule has 1 aliphatic heterocycles. The molecule has 2 heterocycles. The van der Waals surface area contributed by atoms with Crippen LogP contribution in [-0.2, 0) is 19.5 Å². The van der Waals surface area contributed by atoms with Gasteiger partial charge in [-0.1, -0.05) is 0 Å². The number of fused-ring (bicyclic) bond motifs is 3. The molecule has 5 heteroatoms. The van der Waals surface area contributed by atoms with Crippen molar-refractivity contribution in [3.05, 3.63) is 34.5 Å². The van der Waals surface area contributed by atoms with E-state index in [-0.39, 0.29) is 0 Å². The number of hydrogen-bond acceptors (Lipinski definition) is 3. The van der Waals surface area contributed by atoms with Crippen LogP contribution in [0, 0.1) is 6.92 Å². The van der Waals surface area contributed by atoms with E-state index in [1.807, 2.05) is 6.92 Å². The molecule has 3 N–H and O–H groups in total. The summed E-state index contributed by atoms with van der Waals surface area (Å²) in [7, 11) is 2.10. The van der Waals surface area contributed by atoms with Gasteiger partial charge in [-0.2, -0.15) is 0 Å². The quantitative estimate of drug-likeness (QED) is 0.899. The molecule has 2 aromatic rings. The topological polar surface area (TPSA) is 71.5 Å². The normalized spacial score (nSPS) is 15.4. The summed E-state index contributed by atoms with van der Waals surface area (Å²) in [5, 5.41) is 10.6. The minimum absolute atomic E-state index is 0.385. The summed E-state index contributed by atoms with van der Waals surface area (Å²) in [4.78, 5) is 13.9. The van der Waals surface area contributed by atoms with Gasteiger partial charge in [0.2, 0.25) is 0 Å². The summed E-state index contributed by atoms with van der Waals surface area (Å²) in [6.45, 7) is 4.99. The maximum absolute atomic E-state index is 11.6. The number of benzene rings is 1. The third-order valence-corrected chi connectivity index (χ3v) is 4.26. The fourth-order valence-electron chi connectivity index (χ4n) is 3.40. The average Bonchev–Trinajstić information content (AvgIpc) is 2.72. The van der Waals surface area contributed by atoms with Gasteiger partial charge in [0, 0.05) is 43.7 Å². The van der Waals surface area contributed by atoms with Crippen LogP contribution >= 0.6 is 0 Å². The molecule has 0 atom stereocenters. The summed E-state index contributed by atoms with van der Waals surface area (Å²) < 4.78 is 2.13. The largest absolute Gasteiger partial charge is 0.478 e. The molecule has 0 amide bonds. The fourth-order valence-corrected chi connectivity index (χ4v) is 3.40. The lowest BCUT2D eigenvalue weighted by Gasteiger charge is -2.24. The van der Waals surface area contributed by atoms with Crippen LogP contribution in [0.25, 0.3) is 10.9 Å². The third-order valence-electron chi connectivity index (χ3n) is 4.26. The molecule has 0 radical (unpaired) electrons. The molecule has 112 valence electrons. The van der Waals surface area contributed by atoms with Crippen LogP contribution in [0.15, 0.2) is 12.1 Å². The van der Waals surface area contributed by atoms with Gasteiger partial charge in [-0.15, -0.1) is 0 Å². The summed E-state index contributed by atoms with van der Waals surface area (Å²) in [6.07, 6.45) is 0.943. The second kappa shape index (κ2) is 5.16. The number of nitrogens with two attached hydrogens (primary N) is 1. The van der Waals surface area contributed by atoms with Gasteiger partial charge in [-0.25, -0.2) is 4.79 Å². The van der Waals surface area contributed by atoms with E-state index in [1.54, 1.807) is 6.07 Å². The highest BCUT2D eigenvalue weighted by Gasteiger charge is 2.25. The molecular formula is C16H21N3O2. The smallest absolute Gasteiger partial charge is 0.337 e. The van der Waals surface area contributed by atoms with Crippen molar-refractivity contribution >= 4 is 16.9 Å². The molecule has 0 bridgehead atoms. The molecule has 0 spiro atoms. The van der Waals surface area contributed by atoms with Gasteiger partial charge in [0.15, 0.2) is 0 Å². The van der Waals surface area contributed by atoms with Crippen molar-refractivity contribution in [3.8, 4) is 0 Å². The Bertz CT molecular complexity index is 718. The maximum atomic E-state index is 11.6. The van der Waals surface area contributed by atoms with Gasteiger partial charge >= 0.3 is 5.97 Å². The van der Waals surface area contributed by atoms with Gasteiger partial charge in [0.05, 0.1) is 11.1 Å². The first-order valence-electron chi connectivity index (χ1n) is 7.29. The second-order valence-electron chi connectivity index (χ2n) is 5.87. The maximum Gasteiger partial charge on any atom is 0.337 e.